The van der Waals surface area contributed by atoms with Gasteiger partial charge in [0.05, 0.1) is 33.8 Å². The highest BCUT2D eigenvalue weighted by Crippen LogP contribution is 2.45. The molecule has 0 radical (unpaired) electrons. The van der Waals surface area contributed by atoms with Crippen molar-refractivity contribution in [3.05, 3.63) is 56.6 Å². The number of hydrogen-bond acceptors (Lipinski definition) is 5. The number of benzene rings is 1. The van der Waals surface area contributed by atoms with Gasteiger partial charge in [-0.25, -0.2) is 14.0 Å². The van der Waals surface area contributed by atoms with Crippen molar-refractivity contribution in [2.24, 2.45) is 0 Å². The van der Waals surface area contributed by atoms with Crippen molar-refractivity contribution in [3.8, 4) is 0 Å². The molecule has 0 unspecified atom stereocenters. The molecule has 3 aliphatic heterocycles. The second-order valence-corrected chi connectivity index (χ2v) is 6.99. The van der Waals surface area contributed by atoms with Crippen molar-refractivity contribution in [1.29, 1.82) is 0 Å². The number of hydrogen-bond donors (Lipinski definition) is 1. The standard InChI is InChI=1S/C18H15BrFNO4/c1-2-12-16-15(18(23)25-12)13(8-3-4-10(20)9(19)7-8)14-11(21-16)5-6-24-17(14)22/h3-4,7,12-13,21H,2,5-6H2,1H3/t12-,13+/m0/s1. The second kappa shape index (κ2) is 5.98. The Labute approximate surface area is 152 Å². The number of ether oxygens (including phenoxy) is 2. The Morgan fingerprint density at radius 1 is 1.28 bits per heavy atom. The van der Waals surface area contributed by atoms with Crippen molar-refractivity contribution in [3.63, 3.8) is 0 Å². The highest BCUT2D eigenvalue weighted by molar-refractivity contribution is 9.10. The molecule has 25 heavy (non-hydrogen) atoms. The van der Waals surface area contributed by atoms with Gasteiger partial charge in [0.1, 0.15) is 11.9 Å². The van der Waals surface area contributed by atoms with E-state index in [2.05, 4.69) is 21.2 Å². The summed E-state index contributed by atoms with van der Waals surface area (Å²) in [5, 5.41) is 3.23. The molecule has 2 atom stereocenters. The van der Waals surface area contributed by atoms with Crippen molar-refractivity contribution < 1.29 is 23.5 Å². The zero-order valence-electron chi connectivity index (χ0n) is 13.4. The minimum Gasteiger partial charge on any atom is -0.462 e. The number of halogens is 2. The molecule has 0 aliphatic carbocycles. The van der Waals surface area contributed by atoms with Gasteiger partial charge < -0.3 is 14.8 Å². The maximum Gasteiger partial charge on any atom is 0.337 e. The molecule has 1 aromatic rings. The molecule has 7 heteroatoms. The summed E-state index contributed by atoms with van der Waals surface area (Å²) in [6.45, 7) is 2.22. The van der Waals surface area contributed by atoms with Crippen LogP contribution < -0.4 is 5.32 Å². The average Bonchev–Trinajstić information content (AvgIpc) is 2.92. The normalized spacial score (nSPS) is 25.2. The van der Waals surface area contributed by atoms with E-state index in [1.165, 1.54) is 6.07 Å². The molecular weight excluding hydrogens is 393 g/mol. The number of cyclic esters (lactones) is 2. The SMILES string of the molecule is CC[C@@H]1OC(=O)C2=C1NC1=C(C(=O)OCC1)[C@H]2c1ccc(F)c(Br)c1. The van der Waals surface area contributed by atoms with Crippen LogP contribution in [0.1, 0.15) is 31.2 Å². The highest BCUT2D eigenvalue weighted by Gasteiger charge is 2.46. The summed E-state index contributed by atoms with van der Waals surface area (Å²) < 4.78 is 24.6. The van der Waals surface area contributed by atoms with Gasteiger partial charge in [-0.1, -0.05) is 13.0 Å². The molecular formula is C18H15BrFNO4. The molecule has 4 rings (SSSR count). The van der Waals surface area contributed by atoms with E-state index in [9.17, 15) is 14.0 Å². The van der Waals surface area contributed by atoms with Crippen LogP contribution in [0.25, 0.3) is 0 Å². The Morgan fingerprint density at radius 3 is 2.80 bits per heavy atom. The van der Waals surface area contributed by atoms with E-state index in [0.717, 1.165) is 5.70 Å². The van der Waals surface area contributed by atoms with Gasteiger partial charge >= 0.3 is 11.9 Å². The first kappa shape index (κ1) is 16.3. The largest absolute Gasteiger partial charge is 0.462 e. The topological polar surface area (TPSA) is 64.6 Å². The summed E-state index contributed by atoms with van der Waals surface area (Å²) in [5.41, 5.74) is 2.89. The van der Waals surface area contributed by atoms with Crippen LogP contribution in [0.2, 0.25) is 0 Å². The molecule has 0 bridgehead atoms. The van der Waals surface area contributed by atoms with Gasteiger partial charge in [-0.15, -0.1) is 0 Å². The summed E-state index contributed by atoms with van der Waals surface area (Å²) >= 11 is 3.17. The van der Waals surface area contributed by atoms with Gasteiger partial charge in [-0.05, 0) is 40.0 Å². The Bertz CT molecular complexity index is 861. The Balaban J connectivity index is 1.92. The van der Waals surface area contributed by atoms with Crippen LogP contribution in [-0.2, 0) is 19.1 Å². The molecule has 0 aromatic heterocycles. The smallest absolute Gasteiger partial charge is 0.337 e. The summed E-state index contributed by atoms with van der Waals surface area (Å²) in [4.78, 5) is 24.9. The predicted octanol–water partition coefficient (Wildman–Crippen LogP) is 3.07. The number of rotatable bonds is 2. The fourth-order valence-corrected chi connectivity index (χ4v) is 3.98. The van der Waals surface area contributed by atoms with Crippen LogP contribution in [0.4, 0.5) is 4.39 Å². The quantitative estimate of drug-likeness (QED) is 0.763. The first-order chi connectivity index (χ1) is 12.0. The van der Waals surface area contributed by atoms with Gasteiger partial charge in [-0.2, -0.15) is 0 Å². The lowest BCUT2D eigenvalue weighted by molar-refractivity contribution is -0.140. The van der Waals surface area contributed by atoms with Crippen molar-refractivity contribution in [2.75, 3.05) is 6.61 Å². The molecule has 0 fully saturated rings. The molecule has 0 amide bonds. The molecule has 1 aromatic carbocycles. The van der Waals surface area contributed by atoms with E-state index in [-0.39, 0.29) is 10.6 Å². The minimum absolute atomic E-state index is 0.274. The maximum absolute atomic E-state index is 13.7. The molecule has 3 heterocycles. The predicted molar refractivity (Wildman–Crippen MR) is 89.8 cm³/mol. The molecule has 0 saturated carbocycles. The van der Waals surface area contributed by atoms with E-state index in [1.807, 2.05) is 6.92 Å². The Kier molecular flexibility index (Phi) is 3.91. The number of esters is 2. The number of nitrogens with one attached hydrogen (secondary N) is 1. The molecule has 0 saturated heterocycles. The fraction of sp³-hybridized carbons (Fsp3) is 0.333. The number of dihydropyridines is 1. The van der Waals surface area contributed by atoms with Gasteiger partial charge in [0.15, 0.2) is 0 Å². The van der Waals surface area contributed by atoms with Gasteiger partial charge in [0, 0.05) is 12.1 Å². The summed E-state index contributed by atoms with van der Waals surface area (Å²) in [5.74, 6) is -1.95. The third-order valence-electron chi connectivity index (χ3n) is 4.72. The monoisotopic (exact) mass is 407 g/mol. The molecule has 0 spiro atoms. The number of carbonyl (C=O) groups excluding carboxylic acids is 2. The van der Waals surface area contributed by atoms with E-state index in [1.54, 1.807) is 12.1 Å². The first-order valence-corrected chi connectivity index (χ1v) is 8.87. The molecule has 1 N–H and O–H groups in total. The van der Waals surface area contributed by atoms with Crippen LogP contribution in [0.5, 0.6) is 0 Å². The molecule has 130 valence electrons. The molecule has 3 aliphatic rings. The first-order valence-electron chi connectivity index (χ1n) is 8.08. The summed E-state index contributed by atoms with van der Waals surface area (Å²) in [6, 6.07) is 4.49. The van der Waals surface area contributed by atoms with Crippen LogP contribution in [0, 0.1) is 5.82 Å². The van der Waals surface area contributed by atoms with E-state index in [0.29, 0.717) is 41.9 Å². The molecule has 5 nitrogen and oxygen atoms in total. The Morgan fingerprint density at radius 2 is 2.08 bits per heavy atom. The third-order valence-corrected chi connectivity index (χ3v) is 5.33. The van der Waals surface area contributed by atoms with Gasteiger partial charge in [-0.3, -0.25) is 0 Å². The lowest BCUT2D eigenvalue weighted by Gasteiger charge is -2.32. The van der Waals surface area contributed by atoms with Gasteiger partial charge in [0.25, 0.3) is 0 Å². The van der Waals surface area contributed by atoms with Crippen molar-refractivity contribution >= 4 is 27.9 Å². The maximum atomic E-state index is 13.7. The van der Waals surface area contributed by atoms with Crippen LogP contribution in [0.3, 0.4) is 0 Å². The third kappa shape index (κ3) is 2.49. The van der Waals surface area contributed by atoms with E-state index >= 15 is 0 Å². The lowest BCUT2D eigenvalue weighted by Crippen LogP contribution is -2.36. The fourth-order valence-electron chi connectivity index (χ4n) is 3.58. The minimum atomic E-state index is -0.625. The lowest BCUT2D eigenvalue weighted by atomic mass is 9.79. The zero-order chi connectivity index (χ0) is 17.7. The van der Waals surface area contributed by atoms with Crippen molar-refractivity contribution in [1.82, 2.24) is 5.32 Å². The van der Waals surface area contributed by atoms with E-state index < -0.39 is 23.7 Å². The highest BCUT2D eigenvalue weighted by atomic mass is 79.9. The summed E-state index contributed by atoms with van der Waals surface area (Å²) in [7, 11) is 0. The van der Waals surface area contributed by atoms with Crippen LogP contribution >= 0.6 is 15.9 Å². The Hall–Kier alpha value is -2.15. The van der Waals surface area contributed by atoms with Crippen molar-refractivity contribution in [2.45, 2.75) is 31.8 Å². The van der Waals surface area contributed by atoms with Crippen LogP contribution in [0.15, 0.2) is 45.2 Å². The number of carbonyl (C=O) groups is 2. The summed E-state index contributed by atoms with van der Waals surface area (Å²) in [6.07, 6.45) is 0.812. The van der Waals surface area contributed by atoms with Gasteiger partial charge in [0.2, 0.25) is 0 Å². The average molecular weight is 408 g/mol. The zero-order valence-corrected chi connectivity index (χ0v) is 15.0. The second-order valence-electron chi connectivity index (χ2n) is 6.14. The van der Waals surface area contributed by atoms with Crippen LogP contribution in [-0.4, -0.2) is 24.6 Å². The van der Waals surface area contributed by atoms with E-state index in [4.69, 9.17) is 9.47 Å².